The van der Waals surface area contributed by atoms with Gasteiger partial charge in [0.1, 0.15) is 5.75 Å². The monoisotopic (exact) mass is 709 g/mol. The number of nitrogens with zero attached hydrogens (tertiary/aromatic N) is 4. The lowest BCUT2D eigenvalue weighted by Crippen LogP contribution is -2.31. The number of para-hydroxylation sites is 2. The average Bonchev–Trinajstić information content (AvgIpc) is 3.63. The number of ether oxygens (including phenoxy) is 2. The van der Waals surface area contributed by atoms with Crippen LogP contribution in [0.4, 0.5) is 17.1 Å². The second-order valence-electron chi connectivity index (χ2n) is 12.1. The molecule has 13 nitrogen and oxygen atoms in total. The molecule has 0 radical (unpaired) electrons. The van der Waals surface area contributed by atoms with E-state index in [4.69, 9.17) is 15.2 Å². The number of hydrogen-bond donors (Lipinski definition) is 5. The molecule has 1 saturated heterocycles. The Balaban J connectivity index is 1.05. The largest absolute Gasteiger partial charge is 0.508 e. The van der Waals surface area contributed by atoms with Crippen molar-refractivity contribution in [2.24, 2.45) is 0 Å². The number of hydrogen-bond acceptors (Lipinski definition) is 11. The van der Waals surface area contributed by atoms with E-state index in [2.05, 4.69) is 26.2 Å². The molecule has 14 heteroatoms. The standard InChI is InChI=1S/C37H39N7O6S/c38-31-5-1-2-6-32(31)40-35(48)8-4-3-7-34(47)39-27-15-13-26(14-16-27)36-49-30(21-33(50-36)25-11-9-24(22-45)10-12-25)23-51-37-41-42-43-44(37)28-17-19-29(46)20-18-28/h1-2,5-6,9-20,30,33,36,45-46H,3-4,7-8,21-23,38H2,(H,39,47)(H,40,48). The molecular weight excluding hydrogens is 671 g/mol. The number of tetrazole rings is 1. The fraction of sp³-hybridized carbons (Fsp3) is 0.270. The summed E-state index contributed by atoms with van der Waals surface area (Å²) in [6.07, 6.45) is 1.10. The zero-order chi connectivity index (χ0) is 35.6. The number of phenols is 1. The van der Waals surface area contributed by atoms with Crippen molar-refractivity contribution in [1.29, 1.82) is 0 Å². The summed E-state index contributed by atoms with van der Waals surface area (Å²) in [5.41, 5.74) is 10.9. The summed E-state index contributed by atoms with van der Waals surface area (Å²) in [5.74, 6) is 0.412. The van der Waals surface area contributed by atoms with Gasteiger partial charge in [0.05, 0.1) is 35.9 Å². The number of anilines is 3. The molecule has 0 aliphatic carbocycles. The zero-order valence-corrected chi connectivity index (χ0v) is 28.5. The lowest BCUT2D eigenvalue weighted by atomic mass is 10.0. The Labute approximate surface area is 299 Å². The number of nitrogens with one attached hydrogen (secondary N) is 2. The van der Waals surface area contributed by atoms with E-state index in [1.807, 2.05) is 48.5 Å². The van der Waals surface area contributed by atoms with Crippen molar-refractivity contribution in [2.45, 2.75) is 62.4 Å². The molecule has 5 aromatic rings. The van der Waals surface area contributed by atoms with Crippen molar-refractivity contribution < 1.29 is 29.3 Å². The van der Waals surface area contributed by atoms with Crippen LogP contribution >= 0.6 is 11.8 Å². The van der Waals surface area contributed by atoms with Crippen molar-refractivity contribution in [3.63, 3.8) is 0 Å². The minimum absolute atomic E-state index is 0.0444. The van der Waals surface area contributed by atoms with Gasteiger partial charge < -0.3 is 36.1 Å². The number of unbranched alkanes of at least 4 members (excludes halogenated alkanes) is 1. The van der Waals surface area contributed by atoms with Gasteiger partial charge in [-0.25, -0.2) is 0 Å². The molecule has 2 amide bonds. The van der Waals surface area contributed by atoms with E-state index in [9.17, 15) is 19.8 Å². The number of benzene rings is 4. The predicted molar refractivity (Wildman–Crippen MR) is 193 cm³/mol. The fourth-order valence-electron chi connectivity index (χ4n) is 5.56. The van der Waals surface area contributed by atoms with Gasteiger partial charge in [-0.05, 0) is 82.9 Å². The Hall–Kier alpha value is -5.28. The number of aromatic nitrogens is 4. The molecule has 6 N–H and O–H groups in total. The van der Waals surface area contributed by atoms with Gasteiger partial charge in [0.25, 0.3) is 0 Å². The van der Waals surface area contributed by atoms with Crippen molar-refractivity contribution in [2.75, 3.05) is 22.1 Å². The van der Waals surface area contributed by atoms with E-state index in [-0.39, 0.29) is 42.8 Å². The quantitative estimate of drug-likeness (QED) is 0.0524. The normalized spacial score (nSPS) is 17.2. The number of aliphatic hydroxyl groups is 1. The number of nitrogen functional groups attached to an aromatic ring is 1. The third kappa shape index (κ3) is 9.70. The first kappa shape index (κ1) is 35.5. The fourth-order valence-corrected chi connectivity index (χ4v) is 6.46. The molecule has 4 aromatic carbocycles. The summed E-state index contributed by atoms with van der Waals surface area (Å²) >= 11 is 1.46. The summed E-state index contributed by atoms with van der Waals surface area (Å²) < 4.78 is 14.5. The van der Waals surface area contributed by atoms with E-state index in [0.717, 1.165) is 22.4 Å². The highest BCUT2D eigenvalue weighted by Gasteiger charge is 2.32. The van der Waals surface area contributed by atoms with Crippen LogP contribution in [-0.4, -0.2) is 54.1 Å². The third-order valence-corrected chi connectivity index (χ3v) is 9.36. The van der Waals surface area contributed by atoms with Crippen molar-refractivity contribution >= 4 is 40.6 Å². The number of aromatic hydroxyl groups is 1. The molecule has 1 aromatic heterocycles. The van der Waals surface area contributed by atoms with Crippen LogP contribution in [-0.2, 0) is 25.7 Å². The predicted octanol–water partition coefficient (Wildman–Crippen LogP) is 5.92. The number of amides is 2. The average molecular weight is 710 g/mol. The van der Waals surface area contributed by atoms with Crippen LogP contribution in [0.3, 0.4) is 0 Å². The first-order chi connectivity index (χ1) is 24.8. The maximum Gasteiger partial charge on any atom is 0.224 e. The van der Waals surface area contributed by atoms with E-state index >= 15 is 0 Å². The summed E-state index contributed by atoms with van der Waals surface area (Å²) in [6.45, 7) is -0.0444. The molecule has 1 fully saturated rings. The van der Waals surface area contributed by atoms with Crippen LogP contribution in [0.2, 0.25) is 0 Å². The molecule has 3 unspecified atom stereocenters. The molecule has 264 valence electrons. The summed E-state index contributed by atoms with van der Waals surface area (Å²) in [5, 5.41) is 37.7. The number of rotatable bonds is 14. The number of nitrogens with two attached hydrogens (primary N) is 1. The second kappa shape index (κ2) is 17.1. The highest BCUT2D eigenvalue weighted by atomic mass is 32.2. The lowest BCUT2D eigenvalue weighted by Gasteiger charge is -2.36. The van der Waals surface area contributed by atoms with Crippen LogP contribution in [0.25, 0.3) is 5.69 Å². The number of thioether (sulfide) groups is 1. The SMILES string of the molecule is Nc1ccccc1NC(=O)CCCCC(=O)Nc1ccc(C2OC(CSc3nnnn3-c3ccc(O)cc3)CC(c3ccc(CO)cc3)O2)cc1. The maximum absolute atomic E-state index is 12.6. The van der Waals surface area contributed by atoms with Crippen LogP contribution in [0.1, 0.15) is 61.2 Å². The number of aliphatic hydroxyl groups excluding tert-OH is 1. The van der Waals surface area contributed by atoms with Gasteiger partial charge in [0.2, 0.25) is 17.0 Å². The Morgan fingerprint density at radius 1 is 0.863 bits per heavy atom. The van der Waals surface area contributed by atoms with Gasteiger partial charge in [-0.3, -0.25) is 9.59 Å². The maximum atomic E-state index is 12.6. The lowest BCUT2D eigenvalue weighted by molar-refractivity contribution is -0.245. The van der Waals surface area contributed by atoms with Crippen molar-refractivity contribution in [3.8, 4) is 11.4 Å². The van der Waals surface area contributed by atoms with Crippen LogP contribution in [0.5, 0.6) is 5.75 Å². The van der Waals surface area contributed by atoms with Crippen molar-refractivity contribution in [1.82, 2.24) is 20.2 Å². The number of carbonyl (C=O) groups is 2. The van der Waals surface area contributed by atoms with Gasteiger partial charge in [-0.15, -0.1) is 5.10 Å². The molecule has 1 aliphatic heterocycles. The van der Waals surface area contributed by atoms with Gasteiger partial charge in [0.15, 0.2) is 6.29 Å². The number of carbonyl (C=O) groups excluding carboxylic acids is 2. The summed E-state index contributed by atoms with van der Waals surface area (Å²) in [6, 6.07) is 28.8. The van der Waals surface area contributed by atoms with Gasteiger partial charge >= 0.3 is 0 Å². The number of phenolic OH excluding ortho intramolecular Hbond substituents is 1. The van der Waals surface area contributed by atoms with Gasteiger partial charge in [0, 0.05) is 36.3 Å². The topological polar surface area (TPSA) is 187 Å². The Kier molecular flexibility index (Phi) is 11.9. The molecule has 0 spiro atoms. The molecule has 6 rings (SSSR count). The van der Waals surface area contributed by atoms with E-state index in [1.54, 1.807) is 53.2 Å². The highest BCUT2D eigenvalue weighted by Crippen LogP contribution is 2.39. The minimum Gasteiger partial charge on any atom is -0.508 e. The molecule has 0 bridgehead atoms. The molecular formula is C37H39N7O6S. The molecule has 51 heavy (non-hydrogen) atoms. The Morgan fingerprint density at radius 3 is 2.25 bits per heavy atom. The molecule has 2 heterocycles. The van der Waals surface area contributed by atoms with Crippen LogP contribution in [0, 0.1) is 0 Å². The molecule has 0 saturated carbocycles. The first-order valence-corrected chi connectivity index (χ1v) is 17.6. The smallest absolute Gasteiger partial charge is 0.224 e. The summed E-state index contributed by atoms with van der Waals surface area (Å²) in [7, 11) is 0. The van der Waals surface area contributed by atoms with Gasteiger partial charge in [-0.1, -0.05) is 60.3 Å². The van der Waals surface area contributed by atoms with Crippen LogP contribution in [0.15, 0.2) is 102 Å². The second-order valence-corrected chi connectivity index (χ2v) is 13.1. The van der Waals surface area contributed by atoms with E-state index in [0.29, 0.717) is 53.7 Å². The Bertz CT molecular complexity index is 1900. The summed E-state index contributed by atoms with van der Waals surface area (Å²) in [4.78, 5) is 24.9. The molecule has 3 atom stereocenters. The van der Waals surface area contributed by atoms with Gasteiger partial charge in [-0.2, -0.15) is 4.68 Å². The minimum atomic E-state index is -0.679. The zero-order valence-electron chi connectivity index (χ0n) is 27.7. The first-order valence-electron chi connectivity index (χ1n) is 16.6. The van der Waals surface area contributed by atoms with E-state index in [1.165, 1.54) is 11.8 Å². The van der Waals surface area contributed by atoms with E-state index < -0.39 is 6.29 Å². The van der Waals surface area contributed by atoms with Crippen molar-refractivity contribution in [3.05, 3.63) is 114 Å². The Morgan fingerprint density at radius 2 is 1.55 bits per heavy atom. The van der Waals surface area contributed by atoms with Crippen LogP contribution < -0.4 is 16.4 Å². The highest BCUT2D eigenvalue weighted by molar-refractivity contribution is 7.99. The molecule has 1 aliphatic rings. The third-order valence-electron chi connectivity index (χ3n) is 8.31.